The van der Waals surface area contributed by atoms with E-state index in [1.165, 1.54) is 11.1 Å². The van der Waals surface area contributed by atoms with Crippen LogP contribution in [0.2, 0.25) is 0 Å². The van der Waals surface area contributed by atoms with E-state index in [2.05, 4.69) is 44.0 Å². The molecule has 10 heteroatoms. The van der Waals surface area contributed by atoms with Crippen molar-refractivity contribution >= 4 is 17.8 Å². The first-order valence-electron chi connectivity index (χ1n) is 12.8. The van der Waals surface area contributed by atoms with Crippen LogP contribution in [0.15, 0.2) is 36.7 Å². The van der Waals surface area contributed by atoms with Crippen LogP contribution in [0.25, 0.3) is 0 Å². The molecule has 3 amide bonds. The maximum absolute atomic E-state index is 12.9. The Morgan fingerprint density at radius 3 is 2.42 bits per heavy atom. The Morgan fingerprint density at radius 2 is 1.69 bits per heavy atom. The van der Waals surface area contributed by atoms with E-state index in [0.717, 1.165) is 44.1 Å². The summed E-state index contributed by atoms with van der Waals surface area (Å²) in [7, 11) is 0. The molecule has 1 atom stereocenters. The van der Waals surface area contributed by atoms with Gasteiger partial charge in [0.1, 0.15) is 5.82 Å². The predicted molar refractivity (Wildman–Crippen MR) is 135 cm³/mol. The van der Waals surface area contributed by atoms with Crippen molar-refractivity contribution in [3.05, 3.63) is 53.5 Å². The number of aliphatic hydroxyl groups excluding tert-OH is 1. The van der Waals surface area contributed by atoms with Crippen LogP contribution in [-0.4, -0.2) is 112 Å². The summed E-state index contributed by atoms with van der Waals surface area (Å²) in [5.74, 6) is 0.894. The Balaban J connectivity index is 1.08. The van der Waals surface area contributed by atoms with Crippen LogP contribution in [0.3, 0.4) is 0 Å². The molecule has 1 N–H and O–H groups in total. The maximum atomic E-state index is 12.9. The molecule has 2 aromatic rings. The van der Waals surface area contributed by atoms with Crippen LogP contribution in [0.1, 0.15) is 23.7 Å². The summed E-state index contributed by atoms with van der Waals surface area (Å²) >= 11 is 0. The van der Waals surface area contributed by atoms with Crippen LogP contribution < -0.4 is 4.90 Å². The van der Waals surface area contributed by atoms with E-state index < -0.39 is 6.10 Å². The number of benzene rings is 1. The lowest BCUT2D eigenvalue weighted by Crippen LogP contribution is -2.48. The fraction of sp³-hybridized carbons (Fsp3) is 0.538. The van der Waals surface area contributed by atoms with Crippen molar-refractivity contribution in [3.8, 4) is 0 Å². The molecule has 0 spiro atoms. The van der Waals surface area contributed by atoms with Gasteiger partial charge in [0.05, 0.1) is 30.7 Å². The summed E-state index contributed by atoms with van der Waals surface area (Å²) in [6.07, 6.45) is 3.89. The van der Waals surface area contributed by atoms with Crippen molar-refractivity contribution in [1.29, 1.82) is 0 Å². The second kappa shape index (κ2) is 10.8. The first kappa shape index (κ1) is 24.5. The van der Waals surface area contributed by atoms with E-state index in [1.807, 2.05) is 4.90 Å². The third-order valence-corrected chi connectivity index (χ3v) is 7.38. The van der Waals surface area contributed by atoms with Gasteiger partial charge < -0.3 is 24.7 Å². The molecule has 5 rings (SSSR count). The number of aliphatic hydroxyl groups is 1. The fourth-order valence-electron chi connectivity index (χ4n) is 5.31. The molecule has 36 heavy (non-hydrogen) atoms. The van der Waals surface area contributed by atoms with Crippen LogP contribution >= 0.6 is 0 Å². The molecule has 10 nitrogen and oxygen atoms in total. The number of aromatic nitrogens is 2. The highest BCUT2D eigenvalue weighted by atomic mass is 16.3. The molecule has 0 radical (unpaired) electrons. The largest absolute Gasteiger partial charge is 0.390 e. The highest BCUT2D eigenvalue weighted by Gasteiger charge is 2.31. The summed E-state index contributed by atoms with van der Waals surface area (Å²) in [5, 5.41) is 10.7. The van der Waals surface area contributed by atoms with Crippen LogP contribution in [0.5, 0.6) is 0 Å². The Bertz CT molecular complexity index is 1070. The van der Waals surface area contributed by atoms with Crippen molar-refractivity contribution < 1.29 is 14.7 Å². The van der Waals surface area contributed by atoms with E-state index in [4.69, 9.17) is 0 Å². The Hall–Kier alpha value is -3.24. The van der Waals surface area contributed by atoms with Crippen molar-refractivity contribution in [1.82, 2.24) is 29.6 Å². The molecule has 0 unspecified atom stereocenters. The van der Waals surface area contributed by atoms with E-state index in [-0.39, 0.29) is 11.9 Å². The van der Waals surface area contributed by atoms with Gasteiger partial charge in [-0.05, 0) is 17.5 Å². The molecular formula is C26H35N7O3. The number of hydrogen-bond donors (Lipinski definition) is 1. The summed E-state index contributed by atoms with van der Waals surface area (Å²) in [6, 6.07) is 8.40. The normalized spacial score (nSPS) is 19.6. The number of hydrogen-bond acceptors (Lipinski definition) is 7. The summed E-state index contributed by atoms with van der Waals surface area (Å²) in [6.45, 7) is 8.73. The summed E-state index contributed by atoms with van der Waals surface area (Å²) in [5.41, 5.74) is 3.45. The minimum absolute atomic E-state index is 0.0655. The van der Waals surface area contributed by atoms with Gasteiger partial charge in [-0.3, -0.25) is 14.7 Å². The van der Waals surface area contributed by atoms with Crippen LogP contribution in [-0.2, 0) is 24.3 Å². The maximum Gasteiger partial charge on any atom is 0.320 e. The number of amides is 3. The average Bonchev–Trinajstić information content (AvgIpc) is 3.22. The Morgan fingerprint density at radius 1 is 0.944 bits per heavy atom. The van der Waals surface area contributed by atoms with E-state index in [9.17, 15) is 14.7 Å². The first-order chi connectivity index (χ1) is 17.5. The molecule has 0 saturated carbocycles. The molecule has 3 aliphatic heterocycles. The number of urea groups is 1. The van der Waals surface area contributed by atoms with Gasteiger partial charge in [0.2, 0.25) is 5.91 Å². The Kier molecular flexibility index (Phi) is 7.33. The average molecular weight is 494 g/mol. The standard InChI is InChI=1S/C26H35N7O3/c1-20(34)30-8-10-31(11-9-30)25-15-27-23(14-28-25)17-32-12-13-33(26(32)36)19-24(35)18-29-7-6-21-4-2-3-5-22(21)16-29/h2-5,14-15,24,35H,6-13,16-19H2,1H3/t24-/m1/s1. The zero-order chi connectivity index (χ0) is 25.1. The second-order valence-electron chi connectivity index (χ2n) is 9.92. The third kappa shape index (κ3) is 5.60. The number of rotatable bonds is 7. The van der Waals surface area contributed by atoms with Gasteiger partial charge in [-0.15, -0.1) is 0 Å². The highest BCUT2D eigenvalue weighted by molar-refractivity contribution is 5.76. The van der Waals surface area contributed by atoms with E-state index in [0.29, 0.717) is 45.8 Å². The SMILES string of the molecule is CC(=O)N1CCN(c2cnc(CN3CCN(C[C@H](O)CN4CCc5ccccc5C4)C3=O)cn2)CC1. The molecule has 1 aromatic heterocycles. The van der Waals surface area contributed by atoms with E-state index >= 15 is 0 Å². The number of carbonyl (C=O) groups is 2. The van der Waals surface area contributed by atoms with Crippen LogP contribution in [0.4, 0.5) is 10.6 Å². The van der Waals surface area contributed by atoms with Crippen molar-refractivity contribution in [2.45, 2.75) is 32.5 Å². The lowest BCUT2D eigenvalue weighted by atomic mass is 10.00. The van der Waals surface area contributed by atoms with Gasteiger partial charge in [0, 0.05) is 72.4 Å². The minimum atomic E-state index is -0.582. The number of β-amino-alcohol motifs (C(OH)–C–C–N with tert-alkyl or cyclic N) is 1. The zero-order valence-electron chi connectivity index (χ0n) is 20.9. The number of piperazine rings is 1. The monoisotopic (exact) mass is 493 g/mol. The highest BCUT2D eigenvalue weighted by Crippen LogP contribution is 2.20. The third-order valence-electron chi connectivity index (χ3n) is 7.38. The van der Waals surface area contributed by atoms with Gasteiger partial charge in [-0.1, -0.05) is 24.3 Å². The first-order valence-corrected chi connectivity index (χ1v) is 12.8. The minimum Gasteiger partial charge on any atom is -0.390 e. The molecule has 0 aliphatic carbocycles. The predicted octanol–water partition coefficient (Wildman–Crippen LogP) is 0.802. The van der Waals surface area contributed by atoms with Gasteiger partial charge in [0.25, 0.3) is 0 Å². The van der Waals surface area contributed by atoms with Crippen molar-refractivity contribution in [2.24, 2.45) is 0 Å². The van der Waals surface area contributed by atoms with E-state index in [1.54, 1.807) is 29.1 Å². The number of fused-ring (bicyclic) bond motifs is 1. The molecule has 3 aliphatic rings. The smallest absolute Gasteiger partial charge is 0.320 e. The molecule has 192 valence electrons. The molecular weight excluding hydrogens is 458 g/mol. The zero-order valence-corrected chi connectivity index (χ0v) is 20.9. The quantitative estimate of drug-likeness (QED) is 0.610. The fourth-order valence-corrected chi connectivity index (χ4v) is 5.31. The van der Waals surface area contributed by atoms with Gasteiger partial charge in [-0.25, -0.2) is 9.78 Å². The Labute approximate surface area is 212 Å². The van der Waals surface area contributed by atoms with Gasteiger partial charge in [0.15, 0.2) is 0 Å². The van der Waals surface area contributed by atoms with Gasteiger partial charge in [-0.2, -0.15) is 0 Å². The topological polar surface area (TPSA) is 96.4 Å². The molecule has 1 aromatic carbocycles. The van der Waals surface area contributed by atoms with Crippen molar-refractivity contribution in [3.63, 3.8) is 0 Å². The lowest BCUT2D eigenvalue weighted by molar-refractivity contribution is -0.129. The van der Waals surface area contributed by atoms with Crippen molar-refractivity contribution in [2.75, 3.05) is 63.8 Å². The molecule has 2 fully saturated rings. The molecule has 0 bridgehead atoms. The number of nitrogens with zero attached hydrogens (tertiary/aromatic N) is 7. The number of anilines is 1. The number of carbonyl (C=O) groups excluding carboxylic acids is 2. The molecule has 4 heterocycles. The van der Waals surface area contributed by atoms with Gasteiger partial charge >= 0.3 is 6.03 Å². The summed E-state index contributed by atoms with van der Waals surface area (Å²) in [4.78, 5) is 43.3. The summed E-state index contributed by atoms with van der Waals surface area (Å²) < 4.78 is 0. The van der Waals surface area contributed by atoms with Crippen LogP contribution in [0, 0.1) is 0 Å². The lowest BCUT2D eigenvalue weighted by Gasteiger charge is -2.34. The second-order valence-corrected chi connectivity index (χ2v) is 9.92. The molecule has 2 saturated heterocycles.